The number of esters is 1. The van der Waals surface area contributed by atoms with Crippen molar-refractivity contribution in [3.05, 3.63) is 35.9 Å². The van der Waals surface area contributed by atoms with Gasteiger partial charge in [0.1, 0.15) is 6.10 Å². The number of rotatable bonds is 2. The van der Waals surface area contributed by atoms with Crippen LogP contribution in [0.1, 0.15) is 102 Å². The molecule has 1 aromatic rings. The quantitative estimate of drug-likeness (QED) is 0.376. The molecular formula is C34H48O4. The van der Waals surface area contributed by atoms with Gasteiger partial charge in [-0.05, 0) is 116 Å². The summed E-state index contributed by atoms with van der Waals surface area (Å²) >= 11 is 0. The Hall–Kier alpha value is -1.39. The lowest BCUT2D eigenvalue weighted by Crippen LogP contribution is -2.55. The van der Waals surface area contributed by atoms with E-state index in [4.69, 9.17) is 14.2 Å². The van der Waals surface area contributed by atoms with Crippen LogP contribution in [0.15, 0.2) is 30.3 Å². The number of carbonyl (C=O) groups is 1. The van der Waals surface area contributed by atoms with Crippen LogP contribution in [0.5, 0.6) is 0 Å². The van der Waals surface area contributed by atoms with Crippen molar-refractivity contribution < 1.29 is 19.0 Å². The van der Waals surface area contributed by atoms with Crippen LogP contribution >= 0.6 is 0 Å². The van der Waals surface area contributed by atoms with Crippen molar-refractivity contribution >= 4 is 5.97 Å². The van der Waals surface area contributed by atoms with Gasteiger partial charge < -0.3 is 14.2 Å². The van der Waals surface area contributed by atoms with E-state index in [2.05, 4.69) is 27.7 Å². The number of carbonyl (C=O) groups excluding carboxylic acids is 1. The molecular weight excluding hydrogens is 472 g/mol. The normalized spacial score (nSPS) is 51.5. The topological polar surface area (TPSA) is 44.8 Å². The molecule has 0 N–H and O–H groups in total. The molecule has 4 saturated carbocycles. The van der Waals surface area contributed by atoms with Crippen LogP contribution in [0, 0.1) is 52.3 Å². The minimum atomic E-state index is -0.314. The first kappa shape index (κ1) is 25.6. The minimum Gasteiger partial charge on any atom is -0.459 e. The Morgan fingerprint density at radius 3 is 2.45 bits per heavy atom. The summed E-state index contributed by atoms with van der Waals surface area (Å²) in [4.78, 5) is 12.7. The van der Waals surface area contributed by atoms with Gasteiger partial charge in [-0.25, -0.2) is 4.79 Å². The van der Waals surface area contributed by atoms with Gasteiger partial charge in [0.05, 0.1) is 18.3 Å². The van der Waals surface area contributed by atoms with Crippen LogP contribution in [0.3, 0.4) is 0 Å². The summed E-state index contributed by atoms with van der Waals surface area (Å²) in [5.41, 5.74) is 1.44. The highest BCUT2D eigenvalue weighted by atomic mass is 16.7. The lowest BCUT2D eigenvalue weighted by molar-refractivity contribution is -0.273. The zero-order valence-electron chi connectivity index (χ0n) is 24.0. The van der Waals surface area contributed by atoms with Gasteiger partial charge in [-0.15, -0.1) is 0 Å². The van der Waals surface area contributed by atoms with E-state index in [1.54, 1.807) is 0 Å². The maximum absolute atomic E-state index is 12.7. The van der Waals surface area contributed by atoms with E-state index >= 15 is 0 Å². The Labute approximate surface area is 229 Å². The Morgan fingerprint density at radius 2 is 1.68 bits per heavy atom. The molecule has 1 aromatic carbocycles. The SMILES string of the molecule is C[C@H]1CC[C@]2(OC1)O[C@H]1C[C@@H]3[C@@H]4CC[C@@H]5C[C@H](OC(=O)c6ccccc6)CC[C@]5(C)[C@@H]4CC[C@]3(C)[C@@H]1[C@@H]2C. The second kappa shape index (κ2) is 9.06. The fourth-order valence-electron chi connectivity index (χ4n) is 11.1. The van der Waals surface area contributed by atoms with Crippen LogP contribution in [0.25, 0.3) is 0 Å². The summed E-state index contributed by atoms with van der Waals surface area (Å²) in [6.07, 6.45) is 12.6. The fraction of sp³-hybridized carbons (Fsp3) is 0.794. The Bertz CT molecular complexity index is 1050. The Balaban J connectivity index is 1.05. The van der Waals surface area contributed by atoms with E-state index in [1.807, 2.05) is 30.3 Å². The second-order valence-electron chi connectivity index (χ2n) is 14.8. The van der Waals surface area contributed by atoms with Gasteiger partial charge in [0.15, 0.2) is 5.79 Å². The molecule has 2 saturated heterocycles. The zero-order valence-corrected chi connectivity index (χ0v) is 24.0. The molecule has 0 bridgehead atoms. The third kappa shape index (κ3) is 3.71. The summed E-state index contributed by atoms with van der Waals surface area (Å²) in [7, 11) is 0. The molecule has 2 heterocycles. The van der Waals surface area contributed by atoms with Crippen LogP contribution < -0.4 is 0 Å². The predicted octanol–water partition coefficient (Wildman–Crippen LogP) is 7.66. The molecule has 0 unspecified atom stereocenters. The Morgan fingerprint density at radius 1 is 0.895 bits per heavy atom. The molecule has 0 radical (unpaired) electrons. The molecule has 1 spiro atoms. The molecule has 4 aliphatic carbocycles. The van der Waals surface area contributed by atoms with Crippen LogP contribution in [0.2, 0.25) is 0 Å². The van der Waals surface area contributed by atoms with Gasteiger partial charge in [0.2, 0.25) is 0 Å². The molecule has 38 heavy (non-hydrogen) atoms. The summed E-state index contributed by atoms with van der Waals surface area (Å²) in [5.74, 6) is 4.41. The first-order valence-electron chi connectivity index (χ1n) is 15.8. The molecule has 2 aliphatic heterocycles. The van der Waals surface area contributed by atoms with Crippen molar-refractivity contribution in [2.75, 3.05) is 6.61 Å². The van der Waals surface area contributed by atoms with Crippen molar-refractivity contribution in [3.8, 4) is 0 Å². The van der Waals surface area contributed by atoms with Crippen LogP contribution in [-0.2, 0) is 14.2 Å². The van der Waals surface area contributed by atoms with E-state index in [9.17, 15) is 4.79 Å². The van der Waals surface area contributed by atoms with Gasteiger partial charge in [0, 0.05) is 12.3 Å². The third-order valence-corrected chi connectivity index (χ3v) is 13.2. The predicted molar refractivity (Wildman–Crippen MR) is 147 cm³/mol. The van der Waals surface area contributed by atoms with E-state index < -0.39 is 0 Å². The highest BCUT2D eigenvalue weighted by molar-refractivity contribution is 5.89. The van der Waals surface area contributed by atoms with Crippen molar-refractivity contribution in [3.63, 3.8) is 0 Å². The monoisotopic (exact) mass is 520 g/mol. The van der Waals surface area contributed by atoms with E-state index in [0.29, 0.717) is 46.2 Å². The number of fused-ring (bicyclic) bond motifs is 7. The van der Waals surface area contributed by atoms with Crippen LogP contribution in [-0.4, -0.2) is 30.6 Å². The summed E-state index contributed by atoms with van der Waals surface area (Å²) in [6, 6.07) is 9.51. The van der Waals surface area contributed by atoms with Crippen molar-refractivity contribution in [2.24, 2.45) is 52.3 Å². The molecule has 0 aromatic heterocycles. The lowest BCUT2D eigenvalue weighted by atomic mass is 9.44. The third-order valence-electron chi connectivity index (χ3n) is 13.2. The summed E-state index contributed by atoms with van der Waals surface area (Å²) < 4.78 is 19.5. The van der Waals surface area contributed by atoms with Crippen molar-refractivity contribution in [2.45, 2.75) is 110 Å². The minimum absolute atomic E-state index is 0.0701. The lowest BCUT2D eigenvalue weighted by Gasteiger charge is -2.61. The largest absolute Gasteiger partial charge is 0.459 e. The molecule has 6 fully saturated rings. The smallest absolute Gasteiger partial charge is 0.338 e. The molecule has 208 valence electrons. The molecule has 6 aliphatic rings. The van der Waals surface area contributed by atoms with Gasteiger partial charge in [0.25, 0.3) is 0 Å². The maximum Gasteiger partial charge on any atom is 0.338 e. The van der Waals surface area contributed by atoms with Gasteiger partial charge in [-0.2, -0.15) is 0 Å². The molecule has 12 atom stereocenters. The molecule has 0 amide bonds. The molecule has 4 nitrogen and oxygen atoms in total. The van der Waals surface area contributed by atoms with E-state index in [-0.39, 0.29) is 17.9 Å². The molecule has 7 rings (SSSR count). The first-order chi connectivity index (χ1) is 18.2. The first-order valence-corrected chi connectivity index (χ1v) is 15.8. The average molecular weight is 521 g/mol. The Kier molecular flexibility index (Phi) is 6.10. The highest BCUT2D eigenvalue weighted by Gasteiger charge is 2.69. The zero-order chi connectivity index (χ0) is 26.3. The maximum atomic E-state index is 12.7. The number of hydrogen-bond acceptors (Lipinski definition) is 4. The van der Waals surface area contributed by atoms with Gasteiger partial charge in [-0.3, -0.25) is 0 Å². The van der Waals surface area contributed by atoms with Crippen molar-refractivity contribution in [1.29, 1.82) is 0 Å². The molecule has 4 heteroatoms. The average Bonchev–Trinajstić information content (AvgIpc) is 3.36. The number of ether oxygens (including phenoxy) is 3. The standard InChI is InChI=1S/C34H48O4/c1-21-12-17-34(36-20-21)22(2)30-29(38-34)19-28-26-11-10-24-18-25(37-31(35)23-8-6-5-7-9-23)13-15-32(24,3)27(26)14-16-33(28,30)4/h5-9,21-22,24-30H,10-20H2,1-4H3/t21-,22-,24+,25+,26+,27+,28+,29-,30+,32-,33-,34-/m0/s1. The van der Waals surface area contributed by atoms with Gasteiger partial charge >= 0.3 is 5.97 Å². The van der Waals surface area contributed by atoms with E-state index in [1.165, 1.54) is 44.9 Å². The summed E-state index contributed by atoms with van der Waals surface area (Å²) in [6.45, 7) is 10.9. The number of benzene rings is 1. The highest BCUT2D eigenvalue weighted by Crippen LogP contribution is 2.71. The second-order valence-corrected chi connectivity index (χ2v) is 14.8. The van der Waals surface area contributed by atoms with Crippen LogP contribution in [0.4, 0.5) is 0 Å². The fourth-order valence-corrected chi connectivity index (χ4v) is 11.1. The van der Waals surface area contributed by atoms with Gasteiger partial charge in [-0.1, -0.05) is 45.9 Å². The number of hydrogen-bond donors (Lipinski definition) is 0. The summed E-state index contributed by atoms with van der Waals surface area (Å²) in [5, 5.41) is 0. The van der Waals surface area contributed by atoms with Crippen molar-refractivity contribution in [1.82, 2.24) is 0 Å². The van der Waals surface area contributed by atoms with E-state index in [0.717, 1.165) is 43.6 Å².